The van der Waals surface area contributed by atoms with Gasteiger partial charge in [-0.2, -0.15) is 0 Å². The second-order valence-corrected chi connectivity index (χ2v) is 8.54. The van der Waals surface area contributed by atoms with Gasteiger partial charge < -0.3 is 25.1 Å². The van der Waals surface area contributed by atoms with E-state index in [0.717, 1.165) is 47.6 Å². The number of nitrogens with zero attached hydrogens (tertiary/aromatic N) is 3. The molecule has 5 rings (SSSR count). The van der Waals surface area contributed by atoms with Gasteiger partial charge in [0.05, 0.1) is 26.9 Å². The topological polar surface area (TPSA) is 97.1 Å². The van der Waals surface area contributed by atoms with Crippen LogP contribution >= 0.6 is 11.3 Å². The Morgan fingerprint density at radius 3 is 2.70 bits per heavy atom. The number of piperazine rings is 1. The second-order valence-electron chi connectivity index (χ2n) is 7.63. The van der Waals surface area contributed by atoms with Gasteiger partial charge in [-0.15, -0.1) is 11.3 Å². The summed E-state index contributed by atoms with van der Waals surface area (Å²) in [5.74, 6) is 0.214. The van der Waals surface area contributed by atoms with Crippen LogP contribution in [0.3, 0.4) is 0 Å². The number of nitrogens with one attached hydrogen (secondary N) is 3. The van der Waals surface area contributed by atoms with Crippen molar-refractivity contribution in [1.29, 1.82) is 0 Å². The number of likely N-dealkylation sites (N-methyl/N-ethyl adjacent to an activating group) is 1. The van der Waals surface area contributed by atoms with Crippen molar-refractivity contribution in [3.63, 3.8) is 0 Å². The van der Waals surface area contributed by atoms with Gasteiger partial charge in [0.1, 0.15) is 11.4 Å². The molecule has 0 unspecified atom stereocenters. The number of aromatic nitrogens is 3. The van der Waals surface area contributed by atoms with E-state index < -0.39 is 0 Å². The molecule has 154 valence electrons. The molecule has 4 heterocycles. The van der Waals surface area contributed by atoms with Crippen LogP contribution in [0.5, 0.6) is 0 Å². The van der Waals surface area contributed by atoms with Crippen molar-refractivity contribution in [2.45, 2.75) is 6.92 Å². The highest BCUT2D eigenvalue weighted by atomic mass is 32.1. The van der Waals surface area contributed by atoms with Gasteiger partial charge in [0.25, 0.3) is 5.56 Å². The van der Waals surface area contributed by atoms with Crippen LogP contribution in [0.2, 0.25) is 0 Å². The molecule has 8 nitrogen and oxygen atoms in total. The average Bonchev–Trinajstić information content (AvgIpc) is 3.34. The number of hydrogen-bond donors (Lipinski definition) is 3. The molecule has 1 aliphatic heterocycles. The second kappa shape index (κ2) is 7.26. The van der Waals surface area contributed by atoms with E-state index in [2.05, 4.69) is 49.2 Å². The summed E-state index contributed by atoms with van der Waals surface area (Å²) in [5.41, 5.74) is 4.03. The minimum absolute atomic E-state index is 0.231. The van der Waals surface area contributed by atoms with Crippen LogP contribution in [-0.2, 0) is 4.79 Å². The fourth-order valence-corrected chi connectivity index (χ4v) is 4.77. The molecule has 3 aromatic heterocycles. The number of rotatable bonds is 3. The molecule has 4 aromatic rings. The summed E-state index contributed by atoms with van der Waals surface area (Å²) in [6.07, 6.45) is 0. The first kappa shape index (κ1) is 18.8. The monoisotopic (exact) mass is 422 g/mol. The molecule has 0 radical (unpaired) electrons. The third-order valence-corrected chi connectivity index (χ3v) is 6.42. The van der Waals surface area contributed by atoms with Crippen LogP contribution < -0.4 is 15.8 Å². The molecule has 0 aliphatic carbocycles. The van der Waals surface area contributed by atoms with E-state index in [1.54, 1.807) is 0 Å². The summed E-state index contributed by atoms with van der Waals surface area (Å²) in [6, 6.07) is 7.95. The maximum Gasteiger partial charge on any atom is 0.261 e. The number of H-pyrrole nitrogens is 2. The number of carbonyl (C=O) groups excluding carboxylic acids is 1. The van der Waals surface area contributed by atoms with Crippen molar-refractivity contribution >= 4 is 49.9 Å². The molecule has 1 amide bonds. The fourth-order valence-electron chi connectivity index (χ4n) is 3.91. The number of benzene rings is 1. The zero-order valence-electron chi connectivity index (χ0n) is 16.8. The smallest absolute Gasteiger partial charge is 0.261 e. The molecule has 1 fully saturated rings. The number of imidazole rings is 1. The van der Waals surface area contributed by atoms with E-state index in [4.69, 9.17) is 0 Å². The quantitative estimate of drug-likeness (QED) is 0.472. The number of anilines is 2. The molecule has 9 heteroatoms. The largest absolute Gasteiger partial charge is 0.369 e. The highest BCUT2D eigenvalue weighted by Crippen LogP contribution is 2.34. The van der Waals surface area contributed by atoms with Crippen LogP contribution in [0.4, 0.5) is 11.4 Å². The predicted molar refractivity (Wildman–Crippen MR) is 122 cm³/mol. The van der Waals surface area contributed by atoms with Gasteiger partial charge in [0.2, 0.25) is 5.91 Å². The third kappa shape index (κ3) is 3.25. The van der Waals surface area contributed by atoms with Crippen LogP contribution in [-0.4, -0.2) is 59.0 Å². The normalized spacial score (nSPS) is 15.2. The molecular formula is C21H22N6O2S. The molecule has 1 saturated heterocycles. The summed E-state index contributed by atoms with van der Waals surface area (Å²) >= 11 is 1.46. The van der Waals surface area contributed by atoms with Gasteiger partial charge in [-0.05, 0) is 36.7 Å². The molecule has 1 aromatic carbocycles. The Morgan fingerprint density at radius 1 is 1.13 bits per heavy atom. The number of hydrogen-bond acceptors (Lipinski definition) is 6. The zero-order valence-corrected chi connectivity index (χ0v) is 17.6. The predicted octanol–water partition coefficient (Wildman–Crippen LogP) is 2.84. The lowest BCUT2D eigenvalue weighted by Crippen LogP contribution is -2.44. The van der Waals surface area contributed by atoms with Gasteiger partial charge in [-0.1, -0.05) is 0 Å². The van der Waals surface area contributed by atoms with E-state index in [0.29, 0.717) is 22.6 Å². The summed E-state index contributed by atoms with van der Waals surface area (Å²) in [6.45, 7) is 5.45. The van der Waals surface area contributed by atoms with Crippen LogP contribution in [0, 0.1) is 0 Å². The maximum atomic E-state index is 12.9. The Bertz CT molecular complexity index is 1310. The van der Waals surface area contributed by atoms with Crippen LogP contribution in [0.15, 0.2) is 34.4 Å². The molecule has 30 heavy (non-hydrogen) atoms. The van der Waals surface area contributed by atoms with Gasteiger partial charge in [-0.25, -0.2) is 4.98 Å². The number of aromatic amines is 2. The summed E-state index contributed by atoms with van der Waals surface area (Å²) in [7, 11) is 2.14. The molecule has 3 N–H and O–H groups in total. The SMILES string of the molecule is CC(=O)Nc1c(-c2nc3ccc(N4CCN(C)CC4)cc3[nH]2)c(=O)[nH]c2ccsc12. The van der Waals surface area contributed by atoms with E-state index >= 15 is 0 Å². The van der Waals surface area contributed by atoms with Crippen LogP contribution in [0.25, 0.3) is 32.6 Å². The van der Waals surface area contributed by atoms with Gasteiger partial charge >= 0.3 is 0 Å². The molecule has 0 saturated carbocycles. The number of fused-ring (bicyclic) bond motifs is 2. The van der Waals surface area contributed by atoms with E-state index in [1.165, 1.54) is 18.3 Å². The van der Waals surface area contributed by atoms with Crippen molar-refractivity contribution in [3.05, 3.63) is 40.0 Å². The van der Waals surface area contributed by atoms with Gasteiger partial charge in [0, 0.05) is 38.8 Å². The maximum absolute atomic E-state index is 12.9. The van der Waals surface area contributed by atoms with Crippen molar-refractivity contribution < 1.29 is 4.79 Å². The minimum atomic E-state index is -0.289. The lowest BCUT2D eigenvalue weighted by atomic mass is 10.2. The third-order valence-electron chi connectivity index (χ3n) is 5.49. The van der Waals surface area contributed by atoms with Gasteiger partial charge in [0.15, 0.2) is 0 Å². The van der Waals surface area contributed by atoms with Crippen molar-refractivity contribution in [1.82, 2.24) is 19.9 Å². The first-order valence-corrected chi connectivity index (χ1v) is 10.7. The highest BCUT2D eigenvalue weighted by Gasteiger charge is 2.20. The van der Waals surface area contributed by atoms with E-state index in [1.807, 2.05) is 17.5 Å². The Kier molecular flexibility index (Phi) is 4.56. The molecule has 0 spiro atoms. The lowest BCUT2D eigenvalue weighted by Gasteiger charge is -2.34. The fraction of sp³-hybridized carbons (Fsp3) is 0.286. The molecule has 0 atom stereocenters. The molecule has 0 bridgehead atoms. The van der Waals surface area contributed by atoms with Gasteiger partial charge in [-0.3, -0.25) is 9.59 Å². The lowest BCUT2D eigenvalue weighted by molar-refractivity contribution is -0.114. The minimum Gasteiger partial charge on any atom is -0.369 e. The van der Waals surface area contributed by atoms with Crippen molar-refractivity contribution in [2.75, 3.05) is 43.4 Å². The summed E-state index contributed by atoms with van der Waals surface area (Å²) in [4.78, 5) is 40.2. The standard InChI is InChI=1S/C21H22N6O2S/c1-12(28)22-18-17(21(29)25-15-5-10-30-19(15)18)20-23-14-4-3-13(11-16(14)24-20)27-8-6-26(2)7-9-27/h3-5,10-11H,6-9H2,1-2H3,(H,23,24)(H2,22,25,28,29). The number of amides is 1. The van der Waals surface area contributed by atoms with Crippen molar-refractivity contribution in [2.24, 2.45) is 0 Å². The van der Waals surface area contributed by atoms with E-state index in [9.17, 15) is 9.59 Å². The Hall–Kier alpha value is -3.17. The Balaban J connectivity index is 1.61. The Labute approximate surface area is 176 Å². The van der Waals surface area contributed by atoms with E-state index in [-0.39, 0.29) is 11.5 Å². The van der Waals surface area contributed by atoms with Crippen molar-refractivity contribution in [3.8, 4) is 11.4 Å². The summed E-state index contributed by atoms with van der Waals surface area (Å²) in [5, 5.41) is 4.72. The number of carbonyl (C=O) groups is 1. The van der Waals surface area contributed by atoms with Crippen LogP contribution in [0.1, 0.15) is 6.92 Å². The molecular weight excluding hydrogens is 400 g/mol. The first-order chi connectivity index (χ1) is 14.5. The molecule has 1 aliphatic rings. The zero-order chi connectivity index (χ0) is 20.8. The first-order valence-electron chi connectivity index (χ1n) is 9.84. The number of thiophene rings is 1. The number of pyridine rings is 1. The summed E-state index contributed by atoms with van der Waals surface area (Å²) < 4.78 is 0.818. The Morgan fingerprint density at radius 2 is 1.93 bits per heavy atom. The average molecular weight is 423 g/mol. The highest BCUT2D eigenvalue weighted by molar-refractivity contribution is 7.17.